The Kier molecular flexibility index (Phi) is 4.63. The van der Waals surface area contributed by atoms with Gasteiger partial charge in [0.2, 0.25) is 5.91 Å². The van der Waals surface area contributed by atoms with Gasteiger partial charge in [0.25, 0.3) is 0 Å². The van der Waals surface area contributed by atoms with Gasteiger partial charge in [0, 0.05) is 17.6 Å². The highest BCUT2D eigenvalue weighted by molar-refractivity contribution is 9.10. The maximum absolute atomic E-state index is 12.2. The smallest absolute Gasteiger partial charge is 0.225 e. The Bertz CT molecular complexity index is 473. The van der Waals surface area contributed by atoms with Gasteiger partial charge in [0.15, 0.2) is 0 Å². The number of rotatable bonds is 3. The van der Waals surface area contributed by atoms with Gasteiger partial charge < -0.3 is 10.0 Å². The Hall–Kier alpha value is -0.870. The van der Waals surface area contributed by atoms with E-state index in [4.69, 9.17) is 0 Å². The van der Waals surface area contributed by atoms with E-state index in [1.165, 1.54) is 11.1 Å². The molecule has 104 valence electrons. The Labute approximate surface area is 122 Å². The topological polar surface area (TPSA) is 40.5 Å². The molecule has 0 spiro atoms. The molecule has 1 aromatic rings. The fourth-order valence-corrected chi connectivity index (χ4v) is 2.83. The molecule has 0 radical (unpaired) electrons. The molecule has 3 nitrogen and oxygen atoms in total. The van der Waals surface area contributed by atoms with E-state index in [-0.39, 0.29) is 18.2 Å². The van der Waals surface area contributed by atoms with E-state index in [0.29, 0.717) is 6.54 Å². The van der Waals surface area contributed by atoms with Gasteiger partial charge in [0.05, 0.1) is 12.5 Å². The fraction of sp³-hybridized carbons (Fsp3) is 0.533. The lowest BCUT2D eigenvalue weighted by Crippen LogP contribution is -2.38. The Morgan fingerprint density at radius 1 is 1.47 bits per heavy atom. The highest BCUT2D eigenvalue weighted by Crippen LogP contribution is 2.27. The van der Waals surface area contributed by atoms with E-state index in [0.717, 1.165) is 17.4 Å². The number of aliphatic hydroxyl groups is 1. The van der Waals surface area contributed by atoms with Gasteiger partial charge in [-0.3, -0.25) is 4.79 Å². The third-order valence-electron chi connectivity index (χ3n) is 3.72. The summed E-state index contributed by atoms with van der Waals surface area (Å²) in [4.78, 5) is 14.0. The summed E-state index contributed by atoms with van der Waals surface area (Å²) in [5, 5.41) is 9.82. The van der Waals surface area contributed by atoms with Crippen molar-refractivity contribution in [3.8, 4) is 0 Å². The number of halogens is 1. The molecular weight excluding hydrogens is 306 g/mol. The van der Waals surface area contributed by atoms with E-state index in [9.17, 15) is 9.90 Å². The average molecular weight is 326 g/mol. The van der Waals surface area contributed by atoms with Gasteiger partial charge in [-0.2, -0.15) is 0 Å². The molecule has 4 heteroatoms. The van der Waals surface area contributed by atoms with Crippen LogP contribution in [-0.4, -0.2) is 28.6 Å². The van der Waals surface area contributed by atoms with Crippen LogP contribution in [-0.2, 0) is 17.8 Å². The number of nitrogens with zero attached hydrogens (tertiary/aromatic N) is 1. The standard InChI is InChI=1S/C15H20BrNO2/c1-10(2)14(18)8-15(19)17-7-6-11-4-3-5-13(16)12(11)9-17/h3-5,10,14,18H,6-9H2,1-2H3. The summed E-state index contributed by atoms with van der Waals surface area (Å²) in [7, 11) is 0. The molecule has 1 aliphatic heterocycles. The summed E-state index contributed by atoms with van der Waals surface area (Å²) in [6.45, 7) is 5.24. The van der Waals surface area contributed by atoms with Crippen LogP contribution in [0, 0.1) is 5.92 Å². The first-order valence-electron chi connectivity index (χ1n) is 6.71. The number of benzene rings is 1. The van der Waals surface area contributed by atoms with Crippen molar-refractivity contribution in [3.05, 3.63) is 33.8 Å². The minimum atomic E-state index is -0.548. The predicted molar refractivity (Wildman–Crippen MR) is 78.7 cm³/mol. The number of hydrogen-bond donors (Lipinski definition) is 1. The number of aliphatic hydroxyl groups excluding tert-OH is 1. The quantitative estimate of drug-likeness (QED) is 0.928. The van der Waals surface area contributed by atoms with Crippen molar-refractivity contribution in [2.24, 2.45) is 5.92 Å². The van der Waals surface area contributed by atoms with Crippen molar-refractivity contribution >= 4 is 21.8 Å². The molecule has 1 amide bonds. The normalized spacial score (nSPS) is 16.4. The first-order valence-corrected chi connectivity index (χ1v) is 7.50. The molecule has 1 aromatic carbocycles. The fourth-order valence-electron chi connectivity index (χ4n) is 2.30. The molecule has 1 aliphatic rings. The SMILES string of the molecule is CC(C)C(O)CC(=O)N1CCc2cccc(Br)c2C1. The third-order valence-corrected chi connectivity index (χ3v) is 4.46. The minimum absolute atomic E-state index is 0.0441. The largest absolute Gasteiger partial charge is 0.392 e. The van der Waals surface area contributed by atoms with Crippen LogP contribution in [0.1, 0.15) is 31.4 Å². The van der Waals surface area contributed by atoms with Crippen LogP contribution in [0.25, 0.3) is 0 Å². The Balaban J connectivity index is 2.05. The second-order valence-corrected chi connectivity index (χ2v) is 6.31. The molecule has 2 rings (SSSR count). The molecule has 19 heavy (non-hydrogen) atoms. The zero-order chi connectivity index (χ0) is 14.0. The molecule has 0 aromatic heterocycles. The van der Waals surface area contributed by atoms with Crippen molar-refractivity contribution in [1.29, 1.82) is 0 Å². The van der Waals surface area contributed by atoms with Gasteiger partial charge in [-0.1, -0.05) is 41.9 Å². The Morgan fingerprint density at radius 3 is 2.89 bits per heavy atom. The summed E-state index contributed by atoms with van der Waals surface area (Å²) in [6.07, 6.45) is 0.559. The summed E-state index contributed by atoms with van der Waals surface area (Å²) in [6, 6.07) is 6.16. The number of fused-ring (bicyclic) bond motifs is 1. The zero-order valence-electron chi connectivity index (χ0n) is 11.4. The lowest BCUT2D eigenvalue weighted by Gasteiger charge is -2.30. The molecule has 1 atom stereocenters. The van der Waals surface area contributed by atoms with Gasteiger partial charge in [-0.15, -0.1) is 0 Å². The Morgan fingerprint density at radius 2 is 2.21 bits per heavy atom. The average Bonchev–Trinajstić information content (AvgIpc) is 2.38. The molecule has 1 N–H and O–H groups in total. The van der Waals surface area contributed by atoms with E-state index in [2.05, 4.69) is 22.0 Å². The van der Waals surface area contributed by atoms with Crippen LogP contribution in [0.4, 0.5) is 0 Å². The summed E-state index contributed by atoms with van der Waals surface area (Å²) >= 11 is 3.55. The lowest BCUT2D eigenvalue weighted by atomic mass is 9.98. The van der Waals surface area contributed by atoms with Crippen molar-refractivity contribution in [2.45, 2.75) is 39.3 Å². The minimum Gasteiger partial charge on any atom is -0.392 e. The van der Waals surface area contributed by atoms with Crippen molar-refractivity contribution in [1.82, 2.24) is 4.90 Å². The maximum Gasteiger partial charge on any atom is 0.225 e. The molecule has 0 aliphatic carbocycles. The predicted octanol–water partition coefficient (Wildman–Crippen LogP) is 2.74. The third kappa shape index (κ3) is 3.37. The van der Waals surface area contributed by atoms with Gasteiger partial charge >= 0.3 is 0 Å². The van der Waals surface area contributed by atoms with E-state index >= 15 is 0 Å². The molecule has 0 fully saturated rings. The molecular formula is C15H20BrNO2. The molecule has 0 bridgehead atoms. The van der Waals surface area contributed by atoms with Crippen LogP contribution >= 0.6 is 15.9 Å². The van der Waals surface area contributed by atoms with E-state index in [1.54, 1.807) is 0 Å². The highest BCUT2D eigenvalue weighted by atomic mass is 79.9. The van der Waals surface area contributed by atoms with Crippen LogP contribution in [0.2, 0.25) is 0 Å². The van der Waals surface area contributed by atoms with E-state index < -0.39 is 6.10 Å². The molecule has 1 unspecified atom stereocenters. The molecule has 1 heterocycles. The first-order chi connectivity index (χ1) is 8.99. The summed E-state index contributed by atoms with van der Waals surface area (Å²) in [5.74, 6) is 0.162. The summed E-state index contributed by atoms with van der Waals surface area (Å²) in [5.41, 5.74) is 2.50. The van der Waals surface area contributed by atoms with E-state index in [1.807, 2.05) is 30.9 Å². The van der Waals surface area contributed by atoms with Crippen LogP contribution in [0.5, 0.6) is 0 Å². The van der Waals surface area contributed by atoms with Crippen molar-refractivity contribution < 1.29 is 9.90 Å². The van der Waals surface area contributed by atoms with Crippen molar-refractivity contribution in [3.63, 3.8) is 0 Å². The molecule has 0 saturated carbocycles. The monoisotopic (exact) mass is 325 g/mol. The number of carbonyl (C=O) groups is 1. The van der Waals surface area contributed by atoms with Gasteiger partial charge in [0.1, 0.15) is 0 Å². The number of hydrogen-bond acceptors (Lipinski definition) is 2. The number of carbonyl (C=O) groups excluding carboxylic acids is 1. The second-order valence-electron chi connectivity index (χ2n) is 5.46. The van der Waals surface area contributed by atoms with Crippen LogP contribution in [0.3, 0.4) is 0 Å². The highest BCUT2D eigenvalue weighted by Gasteiger charge is 2.24. The second kappa shape index (κ2) is 6.06. The van der Waals surface area contributed by atoms with Gasteiger partial charge in [-0.05, 0) is 29.5 Å². The maximum atomic E-state index is 12.2. The molecule has 0 saturated heterocycles. The summed E-state index contributed by atoms with van der Waals surface area (Å²) < 4.78 is 1.06. The van der Waals surface area contributed by atoms with Crippen LogP contribution < -0.4 is 0 Å². The van der Waals surface area contributed by atoms with Crippen LogP contribution in [0.15, 0.2) is 22.7 Å². The van der Waals surface area contributed by atoms with Gasteiger partial charge in [-0.25, -0.2) is 0 Å². The lowest BCUT2D eigenvalue weighted by molar-refractivity contribution is -0.134. The zero-order valence-corrected chi connectivity index (χ0v) is 13.0. The first kappa shape index (κ1) is 14.5. The van der Waals surface area contributed by atoms with Crippen molar-refractivity contribution in [2.75, 3.05) is 6.54 Å². The number of amides is 1.